The lowest BCUT2D eigenvalue weighted by Crippen LogP contribution is -2.48. The molecule has 2 N–H and O–H groups in total. The van der Waals surface area contributed by atoms with E-state index in [4.69, 9.17) is 4.98 Å². The molecule has 2 aliphatic heterocycles. The summed E-state index contributed by atoms with van der Waals surface area (Å²) in [7, 11) is 0. The van der Waals surface area contributed by atoms with Crippen molar-refractivity contribution >= 4 is 29.1 Å². The second-order valence-corrected chi connectivity index (χ2v) is 10.7. The van der Waals surface area contributed by atoms with Gasteiger partial charge in [0.15, 0.2) is 11.5 Å². The lowest BCUT2D eigenvalue weighted by Gasteiger charge is -2.36. The summed E-state index contributed by atoms with van der Waals surface area (Å²) >= 11 is 0. The first-order valence-electron chi connectivity index (χ1n) is 14.5. The van der Waals surface area contributed by atoms with Crippen molar-refractivity contribution in [2.45, 2.75) is 45.1 Å². The third kappa shape index (κ3) is 5.90. The van der Waals surface area contributed by atoms with Gasteiger partial charge in [0.2, 0.25) is 0 Å². The highest BCUT2D eigenvalue weighted by molar-refractivity contribution is 6.05. The van der Waals surface area contributed by atoms with Crippen LogP contribution in [0, 0.1) is 0 Å². The number of nitrogens with one attached hydrogen (secondary N) is 2. The number of amides is 3. The Hall–Kier alpha value is -4.87. The fourth-order valence-electron chi connectivity index (χ4n) is 5.54. The molecule has 0 unspecified atom stereocenters. The summed E-state index contributed by atoms with van der Waals surface area (Å²) in [6.45, 7) is 4.16. The van der Waals surface area contributed by atoms with Gasteiger partial charge in [0.25, 0.3) is 12.3 Å². The Morgan fingerprint density at radius 2 is 1.93 bits per heavy atom. The number of pyridine rings is 1. The van der Waals surface area contributed by atoms with Gasteiger partial charge in [-0.3, -0.25) is 9.69 Å². The van der Waals surface area contributed by atoms with Gasteiger partial charge in [-0.15, -0.1) is 5.10 Å². The fraction of sp³-hybridized carbons (Fsp3) is 0.323. The first kappa shape index (κ1) is 28.3. The van der Waals surface area contributed by atoms with Crippen LogP contribution in [0.5, 0.6) is 0 Å². The minimum atomic E-state index is -2.59. The summed E-state index contributed by atoms with van der Waals surface area (Å²) in [5.41, 5.74) is 3.19. The molecule has 0 spiro atoms. The number of hydrogen-bond donors (Lipinski definition) is 2. The minimum Gasteiger partial charge on any atom is -0.366 e. The van der Waals surface area contributed by atoms with Gasteiger partial charge in [0.1, 0.15) is 0 Å². The number of benzene rings is 2. The molecule has 4 aromatic rings. The van der Waals surface area contributed by atoms with Crippen molar-refractivity contribution in [3.8, 4) is 16.9 Å². The number of unbranched alkanes of at least 4 members (excludes halogenated alkanes) is 2. The van der Waals surface area contributed by atoms with Crippen molar-refractivity contribution in [3.05, 3.63) is 78.1 Å². The van der Waals surface area contributed by atoms with E-state index < -0.39 is 6.43 Å². The van der Waals surface area contributed by atoms with Crippen molar-refractivity contribution in [2.75, 3.05) is 34.8 Å². The number of halogens is 2. The molecule has 1 atom stereocenters. The van der Waals surface area contributed by atoms with Gasteiger partial charge < -0.3 is 15.5 Å². The Balaban J connectivity index is 1.22. The summed E-state index contributed by atoms with van der Waals surface area (Å²) < 4.78 is 28.2. The number of nitrogens with zero attached hydrogens (tertiary/aromatic N) is 6. The van der Waals surface area contributed by atoms with Crippen LogP contribution in [0.2, 0.25) is 0 Å². The van der Waals surface area contributed by atoms with Gasteiger partial charge in [-0.1, -0.05) is 49.2 Å². The molecule has 1 saturated heterocycles. The second kappa shape index (κ2) is 12.2. The van der Waals surface area contributed by atoms with Crippen molar-refractivity contribution in [1.82, 2.24) is 25.3 Å². The molecule has 12 heteroatoms. The van der Waals surface area contributed by atoms with Crippen molar-refractivity contribution in [2.24, 2.45) is 0 Å². The Bertz CT molecular complexity index is 1640. The molecule has 1 fully saturated rings. The number of rotatable bonds is 9. The van der Waals surface area contributed by atoms with Gasteiger partial charge in [0.05, 0.1) is 29.3 Å². The number of hydrogen-bond acceptors (Lipinski definition) is 6. The highest BCUT2D eigenvalue weighted by Gasteiger charge is 2.40. The molecular formula is C31H32F2N8O2. The standard InChI is InChI=1S/C31H32F2N8O2/c1-2-3-4-14-34-30(42)26-19-40(38-37-26)23-10-6-9-22(17-23)35-31(43)41-24-13-15-39(18-24)27-12-11-25(36-29(27)41)20-7-5-8-21(16-20)28(32)33/h5-12,16-17,19,24,28H,2-4,13-15,18H2,1H3,(H,34,42)(H,35,43)/t24-/m0/s1. The fourth-order valence-corrected chi connectivity index (χ4v) is 5.54. The maximum absolute atomic E-state index is 13.8. The van der Waals surface area contributed by atoms with Crippen LogP contribution >= 0.6 is 0 Å². The Morgan fingerprint density at radius 3 is 2.77 bits per heavy atom. The SMILES string of the molecule is CCCCCNC(=O)c1cn(-c2cccc(NC(=O)N3c4nc(-c5cccc(C(F)F)c5)ccc4N4CC[C@H]3C4)c2)nn1. The molecule has 4 heterocycles. The van der Waals surface area contributed by atoms with E-state index in [1.165, 1.54) is 16.8 Å². The molecule has 2 aromatic carbocycles. The highest BCUT2D eigenvalue weighted by Crippen LogP contribution is 2.40. The summed E-state index contributed by atoms with van der Waals surface area (Å²) in [4.78, 5) is 34.9. The average Bonchev–Trinajstić information content (AvgIpc) is 3.68. The van der Waals surface area contributed by atoms with Crippen LogP contribution in [0.15, 0.2) is 66.9 Å². The van der Waals surface area contributed by atoms with Crippen molar-refractivity contribution in [3.63, 3.8) is 0 Å². The Kier molecular flexibility index (Phi) is 7.99. The number of fused-ring (bicyclic) bond motifs is 4. The molecule has 0 aliphatic carbocycles. The molecular weight excluding hydrogens is 554 g/mol. The molecule has 0 radical (unpaired) electrons. The lowest BCUT2D eigenvalue weighted by molar-refractivity contribution is 0.0948. The van der Waals surface area contributed by atoms with E-state index in [1.54, 1.807) is 53.6 Å². The zero-order chi connectivity index (χ0) is 29.9. The van der Waals surface area contributed by atoms with Gasteiger partial charge in [0, 0.05) is 36.4 Å². The smallest absolute Gasteiger partial charge is 0.327 e. The van der Waals surface area contributed by atoms with E-state index in [0.29, 0.717) is 41.5 Å². The van der Waals surface area contributed by atoms with Crippen molar-refractivity contribution < 1.29 is 18.4 Å². The van der Waals surface area contributed by atoms with Gasteiger partial charge >= 0.3 is 6.03 Å². The first-order chi connectivity index (χ1) is 20.9. The van der Waals surface area contributed by atoms with E-state index in [0.717, 1.165) is 37.9 Å². The Labute approximate surface area is 247 Å². The molecule has 0 saturated carbocycles. The van der Waals surface area contributed by atoms with Gasteiger partial charge in [-0.05, 0) is 49.2 Å². The predicted octanol–water partition coefficient (Wildman–Crippen LogP) is 5.82. The lowest BCUT2D eigenvalue weighted by atomic mass is 10.1. The maximum Gasteiger partial charge on any atom is 0.327 e. The number of carbonyl (C=O) groups excluding carboxylic acids is 2. The van der Waals surface area contributed by atoms with Crippen LogP contribution < -0.4 is 20.4 Å². The zero-order valence-electron chi connectivity index (χ0n) is 23.7. The van der Waals surface area contributed by atoms with E-state index in [2.05, 4.69) is 32.8 Å². The normalized spacial score (nSPS) is 15.5. The van der Waals surface area contributed by atoms with Gasteiger partial charge in [-0.2, -0.15) is 0 Å². The topological polar surface area (TPSA) is 108 Å². The number of aromatic nitrogens is 4. The molecule has 222 valence electrons. The molecule has 2 aromatic heterocycles. The van der Waals surface area contributed by atoms with Crippen LogP contribution in [0.4, 0.5) is 30.8 Å². The Morgan fingerprint density at radius 1 is 1.07 bits per heavy atom. The molecule has 2 aliphatic rings. The first-order valence-corrected chi connectivity index (χ1v) is 14.5. The molecule has 43 heavy (non-hydrogen) atoms. The van der Waals surface area contributed by atoms with Crippen LogP contribution in [-0.2, 0) is 0 Å². The van der Waals surface area contributed by atoms with Crippen LogP contribution in [0.3, 0.4) is 0 Å². The quantitative estimate of drug-likeness (QED) is 0.240. The minimum absolute atomic E-state index is 0.0811. The summed E-state index contributed by atoms with van der Waals surface area (Å²) in [5.74, 6) is 0.210. The third-order valence-electron chi connectivity index (χ3n) is 7.76. The predicted molar refractivity (Wildman–Crippen MR) is 160 cm³/mol. The monoisotopic (exact) mass is 586 g/mol. The summed E-state index contributed by atoms with van der Waals surface area (Å²) in [6, 6.07) is 16.5. The number of carbonyl (C=O) groups is 2. The summed E-state index contributed by atoms with van der Waals surface area (Å²) in [6.07, 6.45) is 2.76. The average molecular weight is 587 g/mol. The van der Waals surface area contributed by atoms with E-state index in [1.807, 2.05) is 6.07 Å². The zero-order valence-corrected chi connectivity index (χ0v) is 23.7. The molecule has 10 nitrogen and oxygen atoms in total. The number of alkyl halides is 2. The molecule has 2 bridgehead atoms. The number of urea groups is 1. The summed E-state index contributed by atoms with van der Waals surface area (Å²) in [5, 5.41) is 13.9. The molecule has 6 rings (SSSR count). The second-order valence-electron chi connectivity index (χ2n) is 10.7. The van der Waals surface area contributed by atoms with Gasteiger partial charge in [-0.25, -0.2) is 23.2 Å². The third-order valence-corrected chi connectivity index (χ3v) is 7.76. The van der Waals surface area contributed by atoms with Crippen LogP contribution in [-0.4, -0.2) is 57.6 Å². The molecule has 3 amide bonds. The van der Waals surface area contributed by atoms with Crippen molar-refractivity contribution in [1.29, 1.82) is 0 Å². The van der Waals surface area contributed by atoms with E-state index in [9.17, 15) is 18.4 Å². The maximum atomic E-state index is 13.8. The van der Waals surface area contributed by atoms with Crippen LogP contribution in [0.25, 0.3) is 16.9 Å². The highest BCUT2D eigenvalue weighted by atomic mass is 19.3. The van der Waals surface area contributed by atoms with E-state index >= 15 is 0 Å². The largest absolute Gasteiger partial charge is 0.366 e. The number of anilines is 3. The van der Waals surface area contributed by atoms with Crippen LogP contribution in [0.1, 0.15) is 55.1 Å². The van der Waals surface area contributed by atoms with E-state index in [-0.39, 0.29) is 29.2 Å².